The minimum atomic E-state index is -4.47. The number of halogens is 4. The maximum Gasteiger partial charge on any atom is 0.417 e. The Morgan fingerprint density at radius 3 is 2.45 bits per heavy atom. The predicted molar refractivity (Wildman–Crippen MR) is 75.3 cm³/mol. The van der Waals surface area contributed by atoms with Gasteiger partial charge in [0.15, 0.2) is 0 Å². The minimum Gasteiger partial charge on any atom is -0.326 e. The summed E-state index contributed by atoms with van der Waals surface area (Å²) in [5, 5.41) is 2.44. The topological polar surface area (TPSA) is 55.1 Å². The standard InChI is InChI=1S/C13H16BrF3N2O/c1-12(2,18)6-5-11(20)19-8-3-4-10(14)9(7-8)13(15,16)17/h3-4,7H,5-6,18H2,1-2H3,(H,19,20). The highest BCUT2D eigenvalue weighted by atomic mass is 79.9. The quantitative estimate of drug-likeness (QED) is 0.862. The van der Waals surface area contributed by atoms with Gasteiger partial charge < -0.3 is 11.1 Å². The zero-order chi connectivity index (χ0) is 15.6. The van der Waals surface area contributed by atoms with Crippen LogP contribution in [0.25, 0.3) is 0 Å². The molecule has 0 bridgehead atoms. The first-order chi connectivity index (χ1) is 8.99. The van der Waals surface area contributed by atoms with E-state index in [0.717, 1.165) is 6.07 Å². The lowest BCUT2D eigenvalue weighted by molar-refractivity contribution is -0.138. The zero-order valence-corrected chi connectivity index (χ0v) is 12.7. The fourth-order valence-corrected chi connectivity index (χ4v) is 1.95. The lowest BCUT2D eigenvalue weighted by Gasteiger charge is -2.18. The van der Waals surface area contributed by atoms with Crippen LogP contribution in [0.3, 0.4) is 0 Å². The summed E-state index contributed by atoms with van der Waals surface area (Å²) in [6, 6.07) is 3.56. The zero-order valence-electron chi connectivity index (χ0n) is 11.1. The van der Waals surface area contributed by atoms with Gasteiger partial charge in [-0.2, -0.15) is 13.2 Å². The summed E-state index contributed by atoms with van der Waals surface area (Å²) < 4.78 is 38.1. The van der Waals surface area contributed by atoms with E-state index in [4.69, 9.17) is 5.73 Å². The molecule has 7 heteroatoms. The Kier molecular flexibility index (Phi) is 5.21. The Morgan fingerprint density at radius 1 is 1.35 bits per heavy atom. The van der Waals surface area contributed by atoms with E-state index in [1.165, 1.54) is 12.1 Å². The van der Waals surface area contributed by atoms with E-state index in [2.05, 4.69) is 21.2 Å². The number of anilines is 1. The van der Waals surface area contributed by atoms with Crippen molar-refractivity contribution in [3.05, 3.63) is 28.2 Å². The largest absolute Gasteiger partial charge is 0.417 e. The summed E-state index contributed by atoms with van der Waals surface area (Å²) >= 11 is 2.84. The van der Waals surface area contributed by atoms with Gasteiger partial charge in [-0.15, -0.1) is 0 Å². The van der Waals surface area contributed by atoms with Gasteiger partial charge in [-0.3, -0.25) is 4.79 Å². The van der Waals surface area contributed by atoms with Crippen molar-refractivity contribution in [2.75, 3.05) is 5.32 Å². The fraction of sp³-hybridized carbons (Fsp3) is 0.462. The molecule has 0 aliphatic heterocycles. The highest BCUT2D eigenvalue weighted by Crippen LogP contribution is 2.36. The van der Waals surface area contributed by atoms with Crippen molar-refractivity contribution >= 4 is 27.5 Å². The van der Waals surface area contributed by atoms with E-state index in [0.29, 0.717) is 6.42 Å². The monoisotopic (exact) mass is 352 g/mol. The first-order valence-electron chi connectivity index (χ1n) is 5.94. The molecule has 0 radical (unpaired) electrons. The van der Waals surface area contributed by atoms with Crippen LogP contribution in [0.5, 0.6) is 0 Å². The summed E-state index contributed by atoms with van der Waals surface area (Å²) in [5.41, 5.74) is 4.54. The molecule has 0 aromatic heterocycles. The Hall–Kier alpha value is -1.08. The van der Waals surface area contributed by atoms with Gasteiger partial charge in [-0.1, -0.05) is 15.9 Å². The number of alkyl halides is 3. The summed E-state index contributed by atoms with van der Waals surface area (Å²) in [4.78, 5) is 11.6. The van der Waals surface area contributed by atoms with Crippen molar-refractivity contribution in [2.24, 2.45) is 5.73 Å². The Bertz CT molecular complexity index is 495. The van der Waals surface area contributed by atoms with Crippen LogP contribution < -0.4 is 11.1 Å². The number of carbonyl (C=O) groups is 1. The Labute approximate surface area is 123 Å². The normalized spacial score (nSPS) is 12.3. The third-order valence-electron chi connectivity index (χ3n) is 2.55. The number of benzene rings is 1. The van der Waals surface area contributed by atoms with E-state index in [1.807, 2.05) is 0 Å². The van der Waals surface area contributed by atoms with Crippen LogP contribution in [0, 0.1) is 0 Å². The predicted octanol–water partition coefficient (Wildman–Crippen LogP) is 3.92. The maximum absolute atomic E-state index is 12.7. The maximum atomic E-state index is 12.7. The Morgan fingerprint density at radius 2 is 1.95 bits per heavy atom. The van der Waals surface area contributed by atoms with Crippen molar-refractivity contribution in [2.45, 2.75) is 38.4 Å². The van der Waals surface area contributed by atoms with Gasteiger partial charge in [0.2, 0.25) is 5.91 Å². The molecule has 112 valence electrons. The first kappa shape index (κ1) is 17.0. The second-order valence-electron chi connectivity index (χ2n) is 5.23. The lowest BCUT2D eigenvalue weighted by Crippen LogP contribution is -2.33. The van der Waals surface area contributed by atoms with Gasteiger partial charge in [-0.05, 0) is 38.5 Å². The second kappa shape index (κ2) is 6.13. The molecule has 1 aromatic rings. The molecular formula is C13H16BrF3N2O. The highest BCUT2D eigenvalue weighted by Gasteiger charge is 2.33. The number of hydrogen-bond donors (Lipinski definition) is 2. The summed E-state index contributed by atoms with van der Waals surface area (Å²) in [6.45, 7) is 3.56. The van der Waals surface area contributed by atoms with E-state index >= 15 is 0 Å². The molecule has 0 spiro atoms. The van der Waals surface area contributed by atoms with Crippen molar-refractivity contribution in [1.82, 2.24) is 0 Å². The molecule has 0 aliphatic rings. The van der Waals surface area contributed by atoms with Crippen LogP contribution in [0.4, 0.5) is 18.9 Å². The summed E-state index contributed by atoms with van der Waals surface area (Å²) in [5.74, 6) is -0.362. The summed E-state index contributed by atoms with van der Waals surface area (Å²) in [7, 11) is 0. The Balaban J connectivity index is 2.77. The smallest absolute Gasteiger partial charge is 0.326 e. The number of rotatable bonds is 4. The molecule has 20 heavy (non-hydrogen) atoms. The molecule has 0 saturated carbocycles. The molecule has 1 amide bonds. The van der Waals surface area contributed by atoms with Gasteiger partial charge in [0.05, 0.1) is 5.56 Å². The van der Waals surface area contributed by atoms with Crippen LogP contribution in [-0.2, 0) is 11.0 Å². The summed E-state index contributed by atoms with van der Waals surface area (Å²) in [6.07, 6.45) is -3.87. The first-order valence-corrected chi connectivity index (χ1v) is 6.74. The van der Waals surface area contributed by atoms with Gasteiger partial charge in [-0.25, -0.2) is 0 Å². The van der Waals surface area contributed by atoms with E-state index in [-0.39, 0.29) is 22.5 Å². The van der Waals surface area contributed by atoms with Gasteiger partial charge in [0, 0.05) is 22.1 Å². The molecule has 0 aliphatic carbocycles. The van der Waals surface area contributed by atoms with Gasteiger partial charge in [0.1, 0.15) is 0 Å². The van der Waals surface area contributed by atoms with Crippen LogP contribution in [0.15, 0.2) is 22.7 Å². The van der Waals surface area contributed by atoms with Crippen molar-refractivity contribution in [3.8, 4) is 0 Å². The highest BCUT2D eigenvalue weighted by molar-refractivity contribution is 9.10. The van der Waals surface area contributed by atoms with Crippen LogP contribution in [0.2, 0.25) is 0 Å². The molecule has 3 N–H and O–H groups in total. The van der Waals surface area contributed by atoms with Gasteiger partial charge >= 0.3 is 6.18 Å². The fourth-order valence-electron chi connectivity index (χ4n) is 1.48. The molecule has 0 heterocycles. The van der Waals surface area contributed by atoms with Crippen LogP contribution in [0.1, 0.15) is 32.3 Å². The van der Waals surface area contributed by atoms with Crippen molar-refractivity contribution in [3.63, 3.8) is 0 Å². The third kappa shape index (κ3) is 5.50. The van der Waals surface area contributed by atoms with E-state index < -0.39 is 17.3 Å². The third-order valence-corrected chi connectivity index (χ3v) is 3.24. The van der Waals surface area contributed by atoms with Crippen molar-refractivity contribution < 1.29 is 18.0 Å². The average molecular weight is 353 g/mol. The molecular weight excluding hydrogens is 337 g/mol. The number of hydrogen-bond acceptors (Lipinski definition) is 2. The molecule has 1 aromatic carbocycles. The number of carbonyl (C=O) groups excluding carboxylic acids is 1. The SMILES string of the molecule is CC(C)(N)CCC(=O)Nc1ccc(Br)c(C(F)(F)F)c1. The molecule has 0 fully saturated rings. The molecule has 0 saturated heterocycles. The minimum absolute atomic E-state index is 0.0638. The molecule has 3 nitrogen and oxygen atoms in total. The van der Waals surface area contributed by atoms with Crippen LogP contribution >= 0.6 is 15.9 Å². The van der Waals surface area contributed by atoms with Crippen LogP contribution in [-0.4, -0.2) is 11.4 Å². The average Bonchev–Trinajstić information content (AvgIpc) is 2.27. The molecule has 0 atom stereocenters. The number of nitrogens with one attached hydrogen (secondary N) is 1. The van der Waals surface area contributed by atoms with Crippen molar-refractivity contribution in [1.29, 1.82) is 0 Å². The molecule has 0 unspecified atom stereocenters. The lowest BCUT2D eigenvalue weighted by atomic mass is 10.00. The van der Waals surface area contributed by atoms with E-state index in [1.54, 1.807) is 13.8 Å². The van der Waals surface area contributed by atoms with Gasteiger partial charge in [0.25, 0.3) is 0 Å². The van der Waals surface area contributed by atoms with E-state index in [9.17, 15) is 18.0 Å². The second-order valence-corrected chi connectivity index (χ2v) is 6.08. The number of nitrogens with two attached hydrogens (primary N) is 1. The molecule has 1 rings (SSSR count). The number of amides is 1.